The topological polar surface area (TPSA) is 100 Å². The largest absolute Gasteiger partial charge is 0.508 e. The zero-order chi connectivity index (χ0) is 15.2. The maximum atomic E-state index is 11.5. The second kappa shape index (κ2) is 6.71. The van der Waals surface area contributed by atoms with Gasteiger partial charge in [-0.05, 0) is 29.5 Å². The van der Waals surface area contributed by atoms with Crippen molar-refractivity contribution in [2.75, 3.05) is 7.11 Å². The summed E-state index contributed by atoms with van der Waals surface area (Å²) in [6.45, 7) is 0. The molecule has 0 bridgehead atoms. The lowest BCUT2D eigenvalue weighted by Crippen LogP contribution is -2.19. The van der Waals surface area contributed by atoms with Gasteiger partial charge in [0, 0.05) is 6.08 Å². The lowest BCUT2D eigenvalue weighted by Gasteiger charge is -1.93. The highest BCUT2D eigenvalue weighted by Crippen LogP contribution is 2.23. The van der Waals surface area contributed by atoms with Crippen LogP contribution in [0, 0.1) is 0 Å². The maximum absolute atomic E-state index is 11.5. The van der Waals surface area contributed by atoms with Gasteiger partial charge in [-0.3, -0.25) is 10.1 Å². The maximum Gasteiger partial charge on any atom is 0.331 e. The van der Waals surface area contributed by atoms with Gasteiger partial charge in [0.15, 0.2) is 5.17 Å². The van der Waals surface area contributed by atoms with E-state index >= 15 is 0 Å². The third-order valence-corrected chi connectivity index (χ3v) is 3.23. The average Bonchev–Trinajstić information content (AvgIpc) is 2.79. The van der Waals surface area contributed by atoms with Gasteiger partial charge >= 0.3 is 5.97 Å². The molecular weight excluding hydrogens is 294 g/mol. The molecule has 7 nitrogen and oxygen atoms in total. The van der Waals surface area contributed by atoms with Gasteiger partial charge in [-0.2, -0.15) is 5.10 Å². The summed E-state index contributed by atoms with van der Waals surface area (Å²) in [5.41, 5.74) is 0.666. The van der Waals surface area contributed by atoms with Crippen LogP contribution in [0.25, 0.3) is 0 Å². The van der Waals surface area contributed by atoms with Crippen molar-refractivity contribution < 1.29 is 19.4 Å². The third-order valence-electron chi connectivity index (χ3n) is 2.33. The smallest absolute Gasteiger partial charge is 0.331 e. The van der Waals surface area contributed by atoms with Gasteiger partial charge in [-0.25, -0.2) is 4.79 Å². The molecule has 0 unspecified atom stereocenters. The van der Waals surface area contributed by atoms with Crippen molar-refractivity contribution >= 4 is 35.0 Å². The number of carbonyl (C=O) groups excluding carboxylic acids is 2. The van der Waals surface area contributed by atoms with E-state index in [2.05, 4.69) is 20.3 Å². The molecule has 0 spiro atoms. The van der Waals surface area contributed by atoms with E-state index in [0.29, 0.717) is 5.56 Å². The molecule has 1 amide bonds. The first-order valence-electron chi connectivity index (χ1n) is 5.77. The van der Waals surface area contributed by atoms with Crippen LogP contribution in [0.5, 0.6) is 5.75 Å². The fraction of sp³-hybridized carbons (Fsp3) is 0.0769. The summed E-state index contributed by atoms with van der Waals surface area (Å²) in [6, 6.07) is 6.48. The van der Waals surface area contributed by atoms with Crippen LogP contribution in [-0.2, 0) is 14.3 Å². The van der Waals surface area contributed by atoms with Crippen molar-refractivity contribution in [1.82, 2.24) is 5.32 Å². The van der Waals surface area contributed by atoms with Crippen molar-refractivity contribution in [1.29, 1.82) is 0 Å². The quantitative estimate of drug-likeness (QED) is 0.375. The molecule has 8 heteroatoms. The Hall–Kier alpha value is -2.61. The molecule has 1 aromatic rings. The highest BCUT2D eigenvalue weighted by atomic mass is 32.2. The number of amidine groups is 1. The van der Waals surface area contributed by atoms with E-state index in [1.165, 1.54) is 19.4 Å². The zero-order valence-electron chi connectivity index (χ0n) is 10.9. The molecule has 2 rings (SSSR count). The van der Waals surface area contributed by atoms with E-state index in [1.54, 1.807) is 18.2 Å². The number of benzene rings is 1. The minimum absolute atomic E-state index is 0.124. The molecule has 108 valence electrons. The van der Waals surface area contributed by atoms with Crippen LogP contribution in [-0.4, -0.2) is 35.5 Å². The fourth-order valence-corrected chi connectivity index (χ4v) is 2.13. The molecule has 1 aliphatic rings. The summed E-state index contributed by atoms with van der Waals surface area (Å²) in [7, 11) is 1.23. The molecule has 1 heterocycles. The van der Waals surface area contributed by atoms with Crippen LogP contribution in [0.2, 0.25) is 0 Å². The summed E-state index contributed by atoms with van der Waals surface area (Å²) >= 11 is 0.987. The Labute approximate surface area is 124 Å². The number of methoxy groups -OCH3 is 1. The molecule has 0 radical (unpaired) electrons. The monoisotopic (exact) mass is 305 g/mol. The molecule has 0 aliphatic carbocycles. The number of aromatic hydroxyl groups is 1. The number of amides is 1. The van der Waals surface area contributed by atoms with Gasteiger partial charge in [0.1, 0.15) is 5.75 Å². The van der Waals surface area contributed by atoms with Gasteiger partial charge < -0.3 is 9.84 Å². The lowest BCUT2D eigenvalue weighted by molar-refractivity contribution is -0.135. The number of phenols is 1. The first-order chi connectivity index (χ1) is 10.1. The van der Waals surface area contributed by atoms with Crippen LogP contribution >= 0.6 is 11.8 Å². The standard InChI is InChI=1S/C13H11N3O4S/c1-20-11(18)6-10-12(19)15-13(21-10)16-14-7-8-3-2-4-9(17)5-8/h2-7,17H,1H3,(H,15,16,19)/b10-6+,14-7?. The molecule has 1 aliphatic heterocycles. The molecule has 0 atom stereocenters. The number of esters is 1. The number of hydrogen-bond donors (Lipinski definition) is 2. The number of ether oxygens (including phenoxy) is 1. The molecule has 1 aromatic carbocycles. The Morgan fingerprint density at radius 1 is 1.48 bits per heavy atom. The number of nitrogens with zero attached hydrogens (tertiary/aromatic N) is 2. The number of carbonyl (C=O) groups is 2. The molecular formula is C13H11N3O4S. The van der Waals surface area contributed by atoms with Crippen molar-refractivity contribution in [2.24, 2.45) is 10.2 Å². The number of thioether (sulfide) groups is 1. The van der Waals surface area contributed by atoms with Crippen molar-refractivity contribution in [3.63, 3.8) is 0 Å². The molecule has 2 N–H and O–H groups in total. The first-order valence-corrected chi connectivity index (χ1v) is 6.59. The third kappa shape index (κ3) is 4.18. The Bertz CT molecular complexity index is 667. The van der Waals surface area contributed by atoms with Crippen LogP contribution in [0.4, 0.5) is 0 Å². The minimum atomic E-state index is -0.614. The van der Waals surface area contributed by atoms with Gasteiger partial charge in [-0.15, -0.1) is 5.10 Å². The molecule has 0 aromatic heterocycles. The minimum Gasteiger partial charge on any atom is -0.508 e. The first kappa shape index (κ1) is 14.8. The van der Waals surface area contributed by atoms with Gasteiger partial charge in [-0.1, -0.05) is 12.1 Å². The van der Waals surface area contributed by atoms with Crippen LogP contribution < -0.4 is 5.32 Å². The fourth-order valence-electron chi connectivity index (χ4n) is 1.39. The summed E-state index contributed by atoms with van der Waals surface area (Å²) < 4.78 is 4.44. The van der Waals surface area contributed by atoms with E-state index in [4.69, 9.17) is 0 Å². The van der Waals surface area contributed by atoms with E-state index < -0.39 is 11.9 Å². The van der Waals surface area contributed by atoms with E-state index in [1.807, 2.05) is 0 Å². The highest BCUT2D eigenvalue weighted by molar-refractivity contribution is 8.18. The Kier molecular flexibility index (Phi) is 4.72. The summed E-state index contributed by atoms with van der Waals surface area (Å²) in [5.74, 6) is -0.924. The molecule has 1 fully saturated rings. The zero-order valence-corrected chi connectivity index (χ0v) is 11.8. The lowest BCUT2D eigenvalue weighted by atomic mass is 10.2. The number of nitrogens with one attached hydrogen (secondary N) is 1. The summed E-state index contributed by atoms with van der Waals surface area (Å²) in [6.07, 6.45) is 2.52. The van der Waals surface area contributed by atoms with E-state index in [0.717, 1.165) is 17.8 Å². The van der Waals surface area contributed by atoms with E-state index in [-0.39, 0.29) is 15.8 Å². The normalized spacial score (nSPS) is 18.4. The van der Waals surface area contributed by atoms with Gasteiger partial charge in [0.2, 0.25) is 0 Å². The number of rotatable bonds is 3. The van der Waals surface area contributed by atoms with Crippen molar-refractivity contribution in [2.45, 2.75) is 0 Å². The number of hydrogen-bond acceptors (Lipinski definition) is 7. The van der Waals surface area contributed by atoms with Gasteiger partial charge in [0.05, 0.1) is 18.2 Å². The molecule has 1 saturated heterocycles. The van der Waals surface area contributed by atoms with Crippen LogP contribution in [0.3, 0.4) is 0 Å². The Morgan fingerprint density at radius 3 is 3.00 bits per heavy atom. The Balaban J connectivity index is 2.05. The second-order valence-electron chi connectivity index (χ2n) is 3.83. The highest BCUT2D eigenvalue weighted by Gasteiger charge is 2.24. The average molecular weight is 305 g/mol. The van der Waals surface area contributed by atoms with Crippen LogP contribution in [0.15, 0.2) is 45.4 Å². The molecule has 0 saturated carbocycles. The predicted molar refractivity (Wildman–Crippen MR) is 79.0 cm³/mol. The summed E-state index contributed by atoms with van der Waals surface area (Å²) in [5, 5.41) is 19.6. The van der Waals surface area contributed by atoms with E-state index in [9.17, 15) is 14.7 Å². The van der Waals surface area contributed by atoms with Crippen LogP contribution in [0.1, 0.15) is 5.56 Å². The predicted octanol–water partition coefficient (Wildman–Crippen LogP) is 1.00. The Morgan fingerprint density at radius 2 is 2.29 bits per heavy atom. The van der Waals surface area contributed by atoms with Crippen molar-refractivity contribution in [3.8, 4) is 5.75 Å². The van der Waals surface area contributed by atoms with Gasteiger partial charge in [0.25, 0.3) is 5.91 Å². The second-order valence-corrected chi connectivity index (χ2v) is 4.86. The summed E-state index contributed by atoms with van der Waals surface area (Å²) in [4.78, 5) is 22.8. The SMILES string of the molecule is COC(=O)/C=C1/S/C(=N\N=Cc2cccc(O)c2)NC1=O. The molecule has 21 heavy (non-hydrogen) atoms. The number of phenolic OH excluding ortho intramolecular Hbond substituents is 1. The van der Waals surface area contributed by atoms with Crippen molar-refractivity contribution in [3.05, 3.63) is 40.8 Å².